The standard InChI is InChI=1S/C9H12N2O4S/c1-5(10-14)3-15-9(13)6-4-16-8-2-7(12)11(6)8/h4-5,8,10,14H,2-3H2,1H3/t5?,8-/m1/s1. The molecule has 1 amide bonds. The largest absolute Gasteiger partial charge is 0.459 e. The fourth-order valence-corrected chi connectivity index (χ4v) is 2.53. The van der Waals surface area contributed by atoms with Crippen LogP contribution in [0.2, 0.25) is 0 Å². The average molecular weight is 244 g/mol. The van der Waals surface area contributed by atoms with Gasteiger partial charge in [-0.25, -0.2) is 4.79 Å². The van der Waals surface area contributed by atoms with Crippen molar-refractivity contribution < 1.29 is 19.5 Å². The van der Waals surface area contributed by atoms with Crippen molar-refractivity contribution in [2.24, 2.45) is 0 Å². The van der Waals surface area contributed by atoms with Crippen molar-refractivity contribution in [3.8, 4) is 0 Å². The van der Waals surface area contributed by atoms with Crippen LogP contribution in [0.25, 0.3) is 0 Å². The number of carbonyl (C=O) groups is 2. The van der Waals surface area contributed by atoms with Crippen LogP contribution >= 0.6 is 11.8 Å². The van der Waals surface area contributed by atoms with Crippen molar-refractivity contribution >= 4 is 23.6 Å². The second-order valence-electron chi connectivity index (χ2n) is 3.69. The van der Waals surface area contributed by atoms with Gasteiger partial charge in [0.2, 0.25) is 5.91 Å². The summed E-state index contributed by atoms with van der Waals surface area (Å²) in [7, 11) is 0. The van der Waals surface area contributed by atoms with Gasteiger partial charge in [-0.2, -0.15) is 5.48 Å². The first kappa shape index (κ1) is 11.4. The van der Waals surface area contributed by atoms with Gasteiger partial charge in [-0.15, -0.1) is 11.8 Å². The number of nitrogens with one attached hydrogen (secondary N) is 1. The number of esters is 1. The van der Waals surface area contributed by atoms with E-state index in [0.717, 1.165) is 0 Å². The molecule has 0 aromatic rings. The zero-order valence-electron chi connectivity index (χ0n) is 8.67. The second kappa shape index (κ2) is 4.44. The number of nitrogens with zero attached hydrogens (tertiary/aromatic N) is 1. The monoisotopic (exact) mass is 244 g/mol. The Morgan fingerprint density at radius 2 is 2.62 bits per heavy atom. The smallest absolute Gasteiger partial charge is 0.355 e. The zero-order valence-corrected chi connectivity index (χ0v) is 9.49. The number of thioether (sulfide) groups is 1. The number of amides is 1. The molecule has 0 saturated carbocycles. The highest BCUT2D eigenvalue weighted by Gasteiger charge is 2.45. The summed E-state index contributed by atoms with van der Waals surface area (Å²) < 4.78 is 4.94. The summed E-state index contributed by atoms with van der Waals surface area (Å²) in [6.45, 7) is 1.73. The molecule has 7 heteroatoms. The predicted octanol–water partition coefficient (Wildman–Crippen LogP) is 0.0435. The average Bonchev–Trinajstić information content (AvgIpc) is 2.62. The normalized spacial score (nSPS) is 24.6. The van der Waals surface area contributed by atoms with E-state index in [4.69, 9.17) is 9.94 Å². The lowest BCUT2D eigenvalue weighted by atomic mass is 10.2. The first-order valence-corrected chi connectivity index (χ1v) is 5.82. The van der Waals surface area contributed by atoms with Crippen LogP contribution < -0.4 is 5.48 Å². The Morgan fingerprint density at radius 3 is 3.25 bits per heavy atom. The van der Waals surface area contributed by atoms with Crippen LogP contribution in [-0.2, 0) is 14.3 Å². The van der Waals surface area contributed by atoms with Crippen molar-refractivity contribution in [1.82, 2.24) is 10.4 Å². The Labute approximate surface area is 96.6 Å². The van der Waals surface area contributed by atoms with Crippen LogP contribution in [0.3, 0.4) is 0 Å². The summed E-state index contributed by atoms with van der Waals surface area (Å²) in [5, 5.41) is 10.3. The Balaban J connectivity index is 1.88. The lowest BCUT2D eigenvalue weighted by molar-refractivity contribution is -0.149. The van der Waals surface area contributed by atoms with Gasteiger partial charge in [0, 0.05) is 5.41 Å². The summed E-state index contributed by atoms with van der Waals surface area (Å²) in [5.74, 6) is -0.573. The van der Waals surface area contributed by atoms with Crippen molar-refractivity contribution in [2.75, 3.05) is 6.61 Å². The molecule has 0 aromatic carbocycles. The van der Waals surface area contributed by atoms with Gasteiger partial charge < -0.3 is 9.94 Å². The molecule has 1 unspecified atom stereocenters. The van der Waals surface area contributed by atoms with E-state index in [1.807, 2.05) is 5.48 Å². The molecule has 2 aliphatic rings. The summed E-state index contributed by atoms with van der Waals surface area (Å²) in [6, 6.07) is -0.332. The Morgan fingerprint density at radius 1 is 1.88 bits per heavy atom. The van der Waals surface area contributed by atoms with Crippen molar-refractivity contribution in [3.63, 3.8) is 0 Å². The molecule has 2 atom stereocenters. The highest BCUT2D eigenvalue weighted by atomic mass is 32.2. The Kier molecular flexibility index (Phi) is 3.17. The molecule has 2 N–H and O–H groups in total. The molecular weight excluding hydrogens is 232 g/mol. The van der Waals surface area contributed by atoms with Gasteiger partial charge in [0.25, 0.3) is 0 Å². The molecule has 0 radical (unpaired) electrons. The number of hydrogen-bond donors (Lipinski definition) is 2. The van der Waals surface area contributed by atoms with Crippen LogP contribution in [-0.4, -0.2) is 40.0 Å². The molecule has 16 heavy (non-hydrogen) atoms. The van der Waals surface area contributed by atoms with Gasteiger partial charge in [0.05, 0.1) is 17.8 Å². The number of β-lactam (4-membered cyclic amide) rings is 1. The molecule has 1 fully saturated rings. The molecule has 88 valence electrons. The van der Waals surface area contributed by atoms with Crippen LogP contribution in [0, 0.1) is 0 Å². The molecule has 2 rings (SSSR count). The fraction of sp³-hybridized carbons (Fsp3) is 0.556. The van der Waals surface area contributed by atoms with Gasteiger partial charge in [-0.1, -0.05) is 0 Å². The number of fused-ring (bicyclic) bond motifs is 1. The van der Waals surface area contributed by atoms with E-state index >= 15 is 0 Å². The SMILES string of the molecule is CC(COC(=O)C1=CS[C@@H]2CC(=O)N12)NO. The van der Waals surface area contributed by atoms with E-state index in [0.29, 0.717) is 12.1 Å². The molecule has 2 aliphatic heterocycles. The van der Waals surface area contributed by atoms with Crippen LogP contribution in [0.5, 0.6) is 0 Å². The molecule has 0 bridgehead atoms. The van der Waals surface area contributed by atoms with E-state index in [2.05, 4.69) is 0 Å². The van der Waals surface area contributed by atoms with Gasteiger partial charge >= 0.3 is 5.97 Å². The van der Waals surface area contributed by atoms with Crippen molar-refractivity contribution in [1.29, 1.82) is 0 Å². The first-order chi connectivity index (χ1) is 7.63. The Hall–Kier alpha value is -1.05. The fourth-order valence-electron chi connectivity index (χ4n) is 1.44. The molecule has 2 heterocycles. The summed E-state index contributed by atoms with van der Waals surface area (Å²) in [4.78, 5) is 24.3. The Bertz CT molecular complexity index is 357. The highest BCUT2D eigenvalue weighted by Crippen LogP contribution is 2.40. The first-order valence-electron chi connectivity index (χ1n) is 4.88. The molecule has 0 aliphatic carbocycles. The maximum absolute atomic E-state index is 11.6. The number of ether oxygens (including phenoxy) is 1. The number of hydroxylamine groups is 1. The molecule has 6 nitrogen and oxygen atoms in total. The number of carbonyl (C=O) groups excluding carboxylic acids is 2. The molecule has 0 spiro atoms. The van der Waals surface area contributed by atoms with E-state index < -0.39 is 5.97 Å². The maximum Gasteiger partial charge on any atom is 0.355 e. The summed E-state index contributed by atoms with van der Waals surface area (Å²) in [5.41, 5.74) is 2.27. The van der Waals surface area contributed by atoms with Crippen LogP contribution in [0.4, 0.5) is 0 Å². The van der Waals surface area contributed by atoms with Gasteiger partial charge in [-0.3, -0.25) is 9.69 Å². The van der Waals surface area contributed by atoms with Crippen molar-refractivity contribution in [2.45, 2.75) is 24.8 Å². The van der Waals surface area contributed by atoms with E-state index in [-0.39, 0.29) is 23.9 Å². The summed E-state index contributed by atoms with van der Waals surface area (Å²) in [6.07, 6.45) is 0.479. The number of rotatable bonds is 4. The van der Waals surface area contributed by atoms with Crippen molar-refractivity contribution in [3.05, 3.63) is 11.1 Å². The minimum Gasteiger partial charge on any atom is -0.459 e. The third-order valence-corrected chi connectivity index (χ3v) is 3.45. The quantitative estimate of drug-likeness (QED) is 0.413. The van der Waals surface area contributed by atoms with Gasteiger partial charge in [0.15, 0.2) is 0 Å². The minimum atomic E-state index is -0.523. The van der Waals surface area contributed by atoms with E-state index in [1.165, 1.54) is 16.7 Å². The maximum atomic E-state index is 11.6. The topological polar surface area (TPSA) is 78.9 Å². The van der Waals surface area contributed by atoms with Crippen LogP contribution in [0.15, 0.2) is 11.1 Å². The van der Waals surface area contributed by atoms with Crippen LogP contribution in [0.1, 0.15) is 13.3 Å². The summed E-state index contributed by atoms with van der Waals surface area (Å²) >= 11 is 1.45. The molecule has 0 aromatic heterocycles. The third-order valence-electron chi connectivity index (χ3n) is 2.40. The van der Waals surface area contributed by atoms with Gasteiger partial charge in [-0.05, 0) is 6.92 Å². The predicted molar refractivity (Wildman–Crippen MR) is 56.3 cm³/mol. The zero-order chi connectivity index (χ0) is 11.7. The lowest BCUT2D eigenvalue weighted by Gasteiger charge is -2.34. The van der Waals surface area contributed by atoms with E-state index in [9.17, 15) is 9.59 Å². The molecular formula is C9H12N2O4S. The minimum absolute atomic E-state index is 0.0495. The molecule has 1 saturated heterocycles. The number of hydrogen-bond acceptors (Lipinski definition) is 6. The second-order valence-corrected chi connectivity index (χ2v) is 4.74. The van der Waals surface area contributed by atoms with Gasteiger partial charge in [0.1, 0.15) is 12.3 Å². The van der Waals surface area contributed by atoms with E-state index in [1.54, 1.807) is 12.3 Å². The third kappa shape index (κ3) is 1.93. The highest BCUT2D eigenvalue weighted by molar-refractivity contribution is 8.03. The lowest BCUT2D eigenvalue weighted by Crippen LogP contribution is -2.48.